The number of nitrogens with two attached hydrogens (primary N) is 1. The van der Waals surface area contributed by atoms with E-state index in [1.165, 1.54) is 6.08 Å². The quantitative estimate of drug-likeness (QED) is 0.226. The number of pyridine rings is 1. The molecule has 1 aliphatic heterocycles. The van der Waals surface area contributed by atoms with Crippen LogP contribution in [0.4, 0.5) is 17.5 Å². The van der Waals surface area contributed by atoms with Gasteiger partial charge < -0.3 is 30.2 Å². The summed E-state index contributed by atoms with van der Waals surface area (Å²) in [6.45, 7) is 19.3. The van der Waals surface area contributed by atoms with Crippen LogP contribution in [0.2, 0.25) is 0 Å². The Balaban J connectivity index is -0.000000598. The van der Waals surface area contributed by atoms with Crippen molar-refractivity contribution in [2.24, 2.45) is 0 Å². The van der Waals surface area contributed by atoms with Gasteiger partial charge in [0.15, 0.2) is 0 Å². The molecular weight excluding hydrogens is 488 g/mol. The molecule has 4 N–H and O–H groups in total. The van der Waals surface area contributed by atoms with Gasteiger partial charge in [0.25, 0.3) is 0 Å². The Bertz CT molecular complexity index is 906. The average molecular weight is 533 g/mol. The Morgan fingerprint density at radius 1 is 1.18 bits per heavy atom. The van der Waals surface area contributed by atoms with Gasteiger partial charge in [-0.2, -0.15) is 0 Å². The molecule has 2 aromatic heterocycles. The van der Waals surface area contributed by atoms with Crippen LogP contribution in [0.1, 0.15) is 59.2 Å². The van der Waals surface area contributed by atoms with E-state index in [4.69, 9.17) is 20.0 Å². The lowest BCUT2D eigenvalue weighted by Crippen LogP contribution is -2.36. The van der Waals surface area contributed by atoms with Gasteiger partial charge in [-0.05, 0) is 52.8 Å². The van der Waals surface area contributed by atoms with Crippen LogP contribution < -0.4 is 16.0 Å². The van der Waals surface area contributed by atoms with Crippen molar-refractivity contribution in [2.75, 3.05) is 42.3 Å². The molecular formula is C27H44N6O5. The number of carbonyl (C=O) groups excluding carboxylic acids is 2. The Kier molecular flexibility index (Phi) is 25.0. The summed E-state index contributed by atoms with van der Waals surface area (Å²) in [5.41, 5.74) is 5.30. The van der Waals surface area contributed by atoms with Gasteiger partial charge in [-0.1, -0.05) is 31.1 Å². The van der Waals surface area contributed by atoms with Crippen LogP contribution in [0, 0.1) is 12.8 Å². The number of ether oxygens (including phenoxy) is 1. The highest BCUT2D eigenvalue weighted by molar-refractivity contribution is 6.00. The fraction of sp³-hybridized carbons (Fsp3) is 0.444. The zero-order chi connectivity index (χ0) is 30.0. The fourth-order valence-electron chi connectivity index (χ4n) is 2.03. The standard InChI is InChI=1S/C12H14N6O3.C4H10O.C4H6O.C3H6.C2H6.C2H2/c13-12-17-16-11(21-12)10(19)15-8-1-2-9(14-7-8)18-3-5-20-6-4-18;1-4(2,3)5;1-2-3-4-5;1-3-2;2*1-2/h1-2,7H,3-6H2,(H2,13,17)(H,15,19);5H,1-3H3;2-4H,1H3;3H,1H2,2H3;1-2H3;1-2H/b;;3-2+;;;. The molecule has 0 radical (unpaired) electrons. The number of allylic oxidation sites excluding steroid dienone is 3. The van der Waals surface area contributed by atoms with Crippen molar-refractivity contribution in [1.82, 2.24) is 15.2 Å². The van der Waals surface area contributed by atoms with E-state index >= 15 is 0 Å². The maximum atomic E-state index is 11.8. The van der Waals surface area contributed by atoms with E-state index in [0.717, 1.165) is 25.2 Å². The van der Waals surface area contributed by atoms with E-state index in [1.54, 1.807) is 52.1 Å². The lowest BCUT2D eigenvalue weighted by Gasteiger charge is -2.27. The molecule has 0 bridgehead atoms. The van der Waals surface area contributed by atoms with Crippen molar-refractivity contribution in [3.63, 3.8) is 0 Å². The molecule has 1 saturated heterocycles. The van der Waals surface area contributed by atoms with Crippen molar-refractivity contribution in [2.45, 2.75) is 54.1 Å². The first-order valence-electron chi connectivity index (χ1n) is 11.9. The number of morpholine rings is 1. The van der Waals surface area contributed by atoms with E-state index in [1.807, 2.05) is 26.8 Å². The first-order chi connectivity index (χ1) is 18.0. The van der Waals surface area contributed by atoms with Crippen LogP contribution >= 0.6 is 0 Å². The largest absolute Gasteiger partial charge is 0.399 e. The molecule has 11 heteroatoms. The van der Waals surface area contributed by atoms with E-state index in [9.17, 15) is 9.59 Å². The first-order valence-corrected chi connectivity index (χ1v) is 11.9. The molecule has 38 heavy (non-hydrogen) atoms. The predicted octanol–water partition coefficient (Wildman–Crippen LogP) is 4.14. The number of amides is 1. The maximum absolute atomic E-state index is 11.8. The smallest absolute Gasteiger partial charge is 0.313 e. The Hall–Kier alpha value is -4.01. The molecule has 0 aliphatic carbocycles. The third-order valence-corrected chi connectivity index (χ3v) is 3.25. The van der Waals surface area contributed by atoms with Crippen LogP contribution in [0.25, 0.3) is 0 Å². The minimum atomic E-state index is -0.528. The summed E-state index contributed by atoms with van der Waals surface area (Å²) in [6.07, 6.45) is 15.2. The van der Waals surface area contributed by atoms with Crippen LogP contribution in [0.15, 0.2) is 47.6 Å². The molecule has 3 heterocycles. The van der Waals surface area contributed by atoms with Crippen LogP contribution in [-0.4, -0.2) is 64.4 Å². The summed E-state index contributed by atoms with van der Waals surface area (Å²) in [6, 6.07) is 3.44. The second kappa shape index (κ2) is 24.7. The van der Waals surface area contributed by atoms with Gasteiger partial charge in [0, 0.05) is 13.1 Å². The summed E-state index contributed by atoms with van der Waals surface area (Å²) in [5, 5.41) is 18.1. The Labute approximate surface area is 227 Å². The zero-order valence-corrected chi connectivity index (χ0v) is 23.7. The second-order valence-corrected chi connectivity index (χ2v) is 7.65. The Morgan fingerprint density at radius 2 is 1.71 bits per heavy atom. The van der Waals surface area contributed by atoms with Crippen molar-refractivity contribution in [3.8, 4) is 12.8 Å². The topological polar surface area (TPSA) is 157 Å². The van der Waals surface area contributed by atoms with Crippen molar-refractivity contribution < 1.29 is 23.8 Å². The number of rotatable bonds is 4. The van der Waals surface area contributed by atoms with Gasteiger partial charge in [0.05, 0.1) is 30.7 Å². The maximum Gasteiger partial charge on any atom is 0.313 e. The molecule has 0 spiro atoms. The third-order valence-electron chi connectivity index (χ3n) is 3.25. The second-order valence-electron chi connectivity index (χ2n) is 7.65. The van der Waals surface area contributed by atoms with Crippen molar-refractivity contribution in [1.29, 1.82) is 0 Å². The number of aromatic nitrogens is 3. The lowest BCUT2D eigenvalue weighted by molar-refractivity contribution is -0.104. The number of nitrogens with one attached hydrogen (secondary N) is 1. The molecule has 3 rings (SSSR count). The molecule has 0 aromatic carbocycles. The number of aliphatic hydroxyl groups is 1. The predicted molar refractivity (Wildman–Crippen MR) is 154 cm³/mol. The number of hydrogen-bond donors (Lipinski definition) is 3. The van der Waals surface area contributed by atoms with E-state index < -0.39 is 11.5 Å². The number of aldehydes is 1. The highest BCUT2D eigenvalue weighted by atomic mass is 16.5. The van der Waals surface area contributed by atoms with E-state index in [0.29, 0.717) is 18.9 Å². The number of anilines is 3. The van der Waals surface area contributed by atoms with Gasteiger partial charge in [-0.3, -0.25) is 9.59 Å². The number of terminal acetylenes is 1. The summed E-state index contributed by atoms with van der Waals surface area (Å²) < 4.78 is 10.1. The fourth-order valence-corrected chi connectivity index (χ4v) is 2.03. The number of nitrogen functional groups attached to an aromatic ring is 1. The molecule has 0 atom stereocenters. The summed E-state index contributed by atoms with van der Waals surface area (Å²) >= 11 is 0. The zero-order valence-electron chi connectivity index (χ0n) is 23.7. The monoisotopic (exact) mass is 532 g/mol. The van der Waals surface area contributed by atoms with Gasteiger partial charge in [0.2, 0.25) is 0 Å². The van der Waals surface area contributed by atoms with Gasteiger partial charge in [0.1, 0.15) is 12.1 Å². The minimum Gasteiger partial charge on any atom is -0.399 e. The molecule has 1 amide bonds. The number of hydrogen-bond acceptors (Lipinski definition) is 10. The molecule has 1 aliphatic rings. The lowest BCUT2D eigenvalue weighted by atomic mass is 10.2. The molecule has 1 fully saturated rings. The van der Waals surface area contributed by atoms with Gasteiger partial charge >= 0.3 is 17.8 Å². The SMILES string of the molecule is C#C.C/C=C/C=O.C=CC.CC.CC(C)(C)O.Nc1nnc(C(=O)Nc2ccc(N3CCOCC3)nc2)o1. The first kappa shape index (κ1) is 38.5. The normalized spacial score (nSPS) is 11.6. The molecule has 2 aromatic rings. The summed E-state index contributed by atoms with van der Waals surface area (Å²) in [7, 11) is 0. The van der Waals surface area contributed by atoms with E-state index in [-0.39, 0.29) is 11.9 Å². The molecule has 0 unspecified atom stereocenters. The van der Waals surface area contributed by atoms with Crippen LogP contribution in [-0.2, 0) is 9.53 Å². The van der Waals surface area contributed by atoms with Crippen molar-refractivity contribution >= 4 is 29.7 Å². The molecule has 212 valence electrons. The third kappa shape index (κ3) is 22.5. The molecule has 0 saturated carbocycles. The minimum absolute atomic E-state index is 0.152. The van der Waals surface area contributed by atoms with Gasteiger partial charge in [-0.15, -0.1) is 24.5 Å². The van der Waals surface area contributed by atoms with Crippen LogP contribution in [0.3, 0.4) is 0 Å². The summed E-state index contributed by atoms with van der Waals surface area (Å²) in [5.74, 6) is 0.128. The highest BCUT2D eigenvalue weighted by Crippen LogP contribution is 2.16. The Morgan fingerprint density at radius 3 is 2.05 bits per heavy atom. The van der Waals surface area contributed by atoms with Crippen molar-refractivity contribution in [3.05, 3.63) is 49.0 Å². The molecule has 11 nitrogen and oxygen atoms in total. The van der Waals surface area contributed by atoms with E-state index in [2.05, 4.69) is 44.8 Å². The number of nitrogens with zero attached hydrogens (tertiary/aromatic N) is 4. The highest BCUT2D eigenvalue weighted by Gasteiger charge is 2.15. The average Bonchev–Trinajstić information content (AvgIpc) is 3.34. The number of carbonyl (C=O) groups is 2. The summed E-state index contributed by atoms with van der Waals surface area (Å²) in [4.78, 5) is 27.6. The van der Waals surface area contributed by atoms with Crippen LogP contribution in [0.5, 0.6) is 0 Å². The van der Waals surface area contributed by atoms with Gasteiger partial charge in [-0.25, -0.2) is 4.98 Å².